The van der Waals surface area contributed by atoms with Gasteiger partial charge in [0.2, 0.25) is 0 Å². The van der Waals surface area contributed by atoms with E-state index in [1.54, 1.807) is 0 Å². The van der Waals surface area contributed by atoms with Crippen molar-refractivity contribution in [1.29, 1.82) is 0 Å². The van der Waals surface area contributed by atoms with E-state index in [2.05, 4.69) is 14.5 Å². The number of pyridine rings is 1. The lowest BCUT2D eigenvalue weighted by Gasteiger charge is -2.15. The Balaban J connectivity index is 2.63. The van der Waals surface area contributed by atoms with Gasteiger partial charge in [0.05, 0.1) is 13.3 Å². The molecule has 0 amide bonds. The van der Waals surface area contributed by atoms with E-state index in [0.29, 0.717) is 0 Å². The van der Waals surface area contributed by atoms with Crippen molar-refractivity contribution in [1.82, 2.24) is 4.98 Å². The Kier molecular flexibility index (Phi) is 4.30. The van der Waals surface area contributed by atoms with Gasteiger partial charge in [-0.1, -0.05) is 18.2 Å². The minimum atomic E-state index is -4.93. The summed E-state index contributed by atoms with van der Waals surface area (Å²) in [5.41, 5.74) is -0.811. The van der Waals surface area contributed by atoms with Crippen molar-refractivity contribution in [3.63, 3.8) is 0 Å². The van der Waals surface area contributed by atoms with Crippen LogP contribution in [-0.2, 0) is 4.74 Å². The van der Waals surface area contributed by atoms with Crippen LogP contribution in [0.2, 0.25) is 0 Å². The van der Waals surface area contributed by atoms with Crippen LogP contribution in [0.1, 0.15) is 10.4 Å². The number of rotatable bonds is 3. The van der Waals surface area contributed by atoms with E-state index in [0.717, 1.165) is 25.6 Å². The quantitative estimate of drug-likeness (QED) is 0.642. The van der Waals surface area contributed by atoms with Gasteiger partial charge in [0.15, 0.2) is 5.82 Å². The Bertz CT molecular complexity index is 701. The van der Waals surface area contributed by atoms with Crippen LogP contribution in [0.5, 0.6) is 5.75 Å². The largest absolute Gasteiger partial charge is 0.573 e. The number of esters is 1. The third-order valence-electron chi connectivity index (χ3n) is 2.69. The molecule has 0 radical (unpaired) electrons. The third kappa shape index (κ3) is 3.33. The Hall–Kier alpha value is -2.64. The molecule has 4 nitrogen and oxygen atoms in total. The van der Waals surface area contributed by atoms with E-state index in [1.807, 2.05) is 0 Å². The van der Waals surface area contributed by atoms with Crippen molar-refractivity contribution >= 4 is 5.97 Å². The van der Waals surface area contributed by atoms with Crippen molar-refractivity contribution in [2.75, 3.05) is 7.11 Å². The lowest BCUT2D eigenvalue weighted by molar-refractivity contribution is -0.274. The standard InChI is InChI=1S/C14H9F4NO3/c1-21-13(20)12-9(6-19-7-10(12)15)8-4-2-3-5-11(8)22-14(16,17)18/h2-7H,1H3. The zero-order valence-electron chi connectivity index (χ0n) is 11.1. The molecule has 0 fully saturated rings. The fourth-order valence-electron chi connectivity index (χ4n) is 1.85. The first-order chi connectivity index (χ1) is 10.3. The molecule has 0 aliphatic rings. The van der Waals surface area contributed by atoms with Crippen molar-refractivity contribution < 1.29 is 31.8 Å². The molecule has 0 atom stereocenters. The molecule has 1 aromatic carbocycles. The van der Waals surface area contributed by atoms with Crippen LogP contribution in [-0.4, -0.2) is 24.4 Å². The van der Waals surface area contributed by atoms with Gasteiger partial charge in [0.25, 0.3) is 0 Å². The molecule has 0 saturated heterocycles. The van der Waals surface area contributed by atoms with Crippen LogP contribution in [0, 0.1) is 5.82 Å². The van der Waals surface area contributed by atoms with E-state index in [9.17, 15) is 22.4 Å². The van der Waals surface area contributed by atoms with Gasteiger partial charge in [0.1, 0.15) is 11.3 Å². The molecule has 0 unspecified atom stereocenters. The van der Waals surface area contributed by atoms with E-state index in [-0.39, 0.29) is 11.1 Å². The molecule has 22 heavy (non-hydrogen) atoms. The fourth-order valence-corrected chi connectivity index (χ4v) is 1.85. The minimum Gasteiger partial charge on any atom is -0.465 e. The van der Waals surface area contributed by atoms with Gasteiger partial charge in [-0.25, -0.2) is 9.18 Å². The number of halogens is 4. The van der Waals surface area contributed by atoms with Gasteiger partial charge >= 0.3 is 12.3 Å². The molecule has 1 heterocycles. The molecular weight excluding hydrogens is 306 g/mol. The maximum atomic E-state index is 13.8. The Morgan fingerprint density at radius 2 is 1.82 bits per heavy atom. The molecule has 2 aromatic rings. The lowest BCUT2D eigenvalue weighted by Crippen LogP contribution is -2.18. The second-order valence-corrected chi connectivity index (χ2v) is 4.08. The zero-order chi connectivity index (χ0) is 16.3. The number of benzene rings is 1. The van der Waals surface area contributed by atoms with E-state index < -0.39 is 29.5 Å². The number of carbonyl (C=O) groups is 1. The summed E-state index contributed by atoms with van der Waals surface area (Å²) in [6, 6.07) is 5.04. The molecule has 0 saturated carbocycles. The fraction of sp³-hybridized carbons (Fsp3) is 0.143. The molecule has 0 spiro atoms. The normalized spacial score (nSPS) is 11.1. The Morgan fingerprint density at radius 1 is 1.14 bits per heavy atom. The first-order valence-electron chi connectivity index (χ1n) is 5.90. The van der Waals surface area contributed by atoms with Gasteiger partial charge in [-0.15, -0.1) is 13.2 Å². The minimum absolute atomic E-state index is 0.132. The summed E-state index contributed by atoms with van der Waals surface area (Å²) in [6.45, 7) is 0. The summed E-state index contributed by atoms with van der Waals surface area (Å²) < 4.78 is 59.5. The number of methoxy groups -OCH3 is 1. The maximum absolute atomic E-state index is 13.8. The van der Waals surface area contributed by atoms with Crippen LogP contribution >= 0.6 is 0 Å². The van der Waals surface area contributed by atoms with E-state index in [1.165, 1.54) is 18.2 Å². The SMILES string of the molecule is COC(=O)c1c(F)cncc1-c1ccccc1OC(F)(F)F. The van der Waals surface area contributed by atoms with Crippen LogP contribution in [0.25, 0.3) is 11.1 Å². The summed E-state index contributed by atoms with van der Waals surface area (Å²) in [5, 5.41) is 0. The molecule has 0 aliphatic heterocycles. The summed E-state index contributed by atoms with van der Waals surface area (Å²) in [5.74, 6) is -2.62. The molecule has 0 N–H and O–H groups in total. The monoisotopic (exact) mass is 315 g/mol. The molecule has 0 bridgehead atoms. The van der Waals surface area contributed by atoms with Crippen LogP contribution in [0.3, 0.4) is 0 Å². The highest BCUT2D eigenvalue weighted by Gasteiger charge is 2.33. The molecular formula is C14H9F4NO3. The second-order valence-electron chi connectivity index (χ2n) is 4.08. The number of hydrogen-bond acceptors (Lipinski definition) is 4. The van der Waals surface area contributed by atoms with Crippen molar-refractivity contribution in [3.8, 4) is 16.9 Å². The second kappa shape index (κ2) is 6.00. The van der Waals surface area contributed by atoms with Crippen molar-refractivity contribution in [2.24, 2.45) is 0 Å². The molecule has 8 heteroatoms. The highest BCUT2D eigenvalue weighted by atomic mass is 19.4. The summed E-state index contributed by atoms with van der Waals surface area (Å²) in [4.78, 5) is 15.2. The number of aromatic nitrogens is 1. The van der Waals surface area contributed by atoms with Crippen LogP contribution in [0.4, 0.5) is 17.6 Å². The highest BCUT2D eigenvalue weighted by Crippen LogP contribution is 2.35. The van der Waals surface area contributed by atoms with Gasteiger partial charge in [-0.2, -0.15) is 0 Å². The number of carbonyl (C=O) groups excluding carboxylic acids is 1. The predicted octanol–water partition coefficient (Wildman–Crippen LogP) is 3.57. The smallest absolute Gasteiger partial charge is 0.465 e. The first kappa shape index (κ1) is 15.7. The average Bonchev–Trinajstić information content (AvgIpc) is 2.45. The molecule has 1 aromatic heterocycles. The molecule has 2 rings (SSSR count). The van der Waals surface area contributed by atoms with E-state index in [4.69, 9.17) is 0 Å². The third-order valence-corrected chi connectivity index (χ3v) is 2.69. The van der Waals surface area contributed by atoms with Crippen LogP contribution in [0.15, 0.2) is 36.7 Å². The number of para-hydroxylation sites is 1. The summed E-state index contributed by atoms with van der Waals surface area (Å²) in [7, 11) is 1.03. The summed E-state index contributed by atoms with van der Waals surface area (Å²) in [6.07, 6.45) is -3.10. The van der Waals surface area contributed by atoms with Gasteiger partial charge in [0, 0.05) is 17.3 Å². The molecule has 116 valence electrons. The molecule has 0 aliphatic carbocycles. The van der Waals surface area contributed by atoms with Gasteiger partial charge < -0.3 is 9.47 Å². The predicted molar refractivity (Wildman–Crippen MR) is 67.7 cm³/mol. The van der Waals surface area contributed by atoms with Gasteiger partial charge in [-0.05, 0) is 6.07 Å². The summed E-state index contributed by atoms with van der Waals surface area (Å²) >= 11 is 0. The maximum Gasteiger partial charge on any atom is 0.573 e. The Morgan fingerprint density at radius 3 is 2.45 bits per heavy atom. The van der Waals surface area contributed by atoms with Gasteiger partial charge in [-0.3, -0.25) is 4.98 Å². The number of alkyl halides is 3. The topological polar surface area (TPSA) is 48.4 Å². The number of nitrogens with zero attached hydrogens (tertiary/aromatic N) is 1. The lowest BCUT2D eigenvalue weighted by atomic mass is 10.0. The zero-order valence-corrected chi connectivity index (χ0v) is 11.1. The van der Waals surface area contributed by atoms with Crippen molar-refractivity contribution in [3.05, 3.63) is 48.0 Å². The number of hydrogen-bond donors (Lipinski definition) is 0. The average molecular weight is 315 g/mol. The number of ether oxygens (including phenoxy) is 2. The Labute approximate surface area is 122 Å². The van der Waals surface area contributed by atoms with Crippen molar-refractivity contribution in [2.45, 2.75) is 6.36 Å². The first-order valence-corrected chi connectivity index (χ1v) is 5.90. The van der Waals surface area contributed by atoms with E-state index >= 15 is 0 Å². The highest BCUT2D eigenvalue weighted by molar-refractivity contribution is 5.98. The van der Waals surface area contributed by atoms with Crippen LogP contribution < -0.4 is 4.74 Å².